The number of hydrogen-bond acceptors (Lipinski definition) is 9. The van der Waals surface area contributed by atoms with Crippen LogP contribution in [-0.4, -0.2) is 70.7 Å². The van der Waals surface area contributed by atoms with Crippen molar-refractivity contribution in [2.45, 2.75) is 24.5 Å². The van der Waals surface area contributed by atoms with Gasteiger partial charge in [0.15, 0.2) is 11.4 Å². The van der Waals surface area contributed by atoms with Gasteiger partial charge in [0.05, 0.1) is 11.6 Å². The Hall–Kier alpha value is -3.37. The number of carbonyl (C=O) groups excluding carboxylic acids is 3. The van der Waals surface area contributed by atoms with Crippen molar-refractivity contribution >= 4 is 28.9 Å². The SMILES string of the molecule is CN[C@@H]1C(=O)C(C(N)=O)=C(O)[C@@]2(O)C(=O)C3=C(O)c4c(O)ccc(N(C)C)c4C[C@H]3C[C@@H]12. The Labute approximate surface area is 183 Å². The molecule has 10 heteroatoms. The molecule has 1 amide bonds. The van der Waals surface area contributed by atoms with E-state index in [2.05, 4.69) is 5.32 Å². The maximum atomic E-state index is 13.6. The van der Waals surface area contributed by atoms with Gasteiger partial charge in [0.25, 0.3) is 5.91 Å². The maximum absolute atomic E-state index is 13.6. The van der Waals surface area contributed by atoms with E-state index in [0.717, 1.165) is 5.69 Å². The topological polar surface area (TPSA) is 173 Å². The van der Waals surface area contributed by atoms with Crippen molar-refractivity contribution in [1.29, 1.82) is 0 Å². The summed E-state index contributed by atoms with van der Waals surface area (Å²) in [6, 6.07) is 1.95. The molecule has 4 atom stereocenters. The zero-order chi connectivity index (χ0) is 23.7. The van der Waals surface area contributed by atoms with Gasteiger partial charge in [0.2, 0.25) is 5.78 Å². The van der Waals surface area contributed by atoms with Crippen LogP contribution >= 0.6 is 0 Å². The van der Waals surface area contributed by atoms with Gasteiger partial charge in [0, 0.05) is 31.3 Å². The predicted molar refractivity (Wildman–Crippen MR) is 114 cm³/mol. The fourth-order valence-electron chi connectivity index (χ4n) is 5.41. The van der Waals surface area contributed by atoms with E-state index in [1.165, 1.54) is 13.1 Å². The minimum Gasteiger partial charge on any atom is -0.508 e. The second kappa shape index (κ2) is 7.07. The van der Waals surface area contributed by atoms with Gasteiger partial charge in [-0.05, 0) is 43.5 Å². The third kappa shape index (κ3) is 2.63. The van der Waals surface area contributed by atoms with Gasteiger partial charge >= 0.3 is 0 Å². The number of benzene rings is 1. The number of nitrogens with one attached hydrogen (secondary N) is 1. The molecule has 170 valence electrons. The normalized spacial score (nSPS) is 29.4. The summed E-state index contributed by atoms with van der Waals surface area (Å²) in [6.45, 7) is 0. The monoisotopic (exact) mass is 443 g/mol. The van der Waals surface area contributed by atoms with Crippen LogP contribution in [0.2, 0.25) is 0 Å². The molecule has 0 radical (unpaired) electrons. The molecule has 0 bridgehead atoms. The number of nitrogens with two attached hydrogens (primary N) is 1. The van der Waals surface area contributed by atoms with Crippen molar-refractivity contribution < 1.29 is 34.8 Å². The lowest BCUT2D eigenvalue weighted by atomic mass is 9.57. The minimum absolute atomic E-state index is 0.0525. The molecule has 0 aromatic heterocycles. The summed E-state index contributed by atoms with van der Waals surface area (Å²) < 4.78 is 0. The predicted octanol–water partition coefficient (Wildman–Crippen LogP) is -0.312. The second-order valence-corrected chi connectivity index (χ2v) is 8.67. The summed E-state index contributed by atoms with van der Waals surface area (Å²) in [5.41, 5.74) is 3.05. The molecule has 3 aliphatic rings. The molecule has 0 unspecified atom stereocenters. The Bertz CT molecular complexity index is 1140. The second-order valence-electron chi connectivity index (χ2n) is 8.67. The number of phenolic OH excluding ortho intramolecular Hbond substituents is 1. The lowest BCUT2D eigenvalue weighted by Crippen LogP contribution is -2.65. The smallest absolute Gasteiger partial charge is 0.255 e. The number of primary amides is 1. The summed E-state index contributed by atoms with van der Waals surface area (Å²) in [7, 11) is 5.05. The van der Waals surface area contributed by atoms with Gasteiger partial charge in [-0.15, -0.1) is 0 Å². The maximum Gasteiger partial charge on any atom is 0.255 e. The first kappa shape index (κ1) is 21.8. The Morgan fingerprint density at radius 3 is 2.44 bits per heavy atom. The average molecular weight is 443 g/mol. The molecule has 1 aromatic rings. The molecule has 3 aliphatic carbocycles. The molecule has 1 fully saturated rings. The largest absolute Gasteiger partial charge is 0.508 e. The van der Waals surface area contributed by atoms with Crippen molar-refractivity contribution in [2.75, 3.05) is 26.0 Å². The number of aliphatic hydroxyl groups is 3. The lowest BCUT2D eigenvalue weighted by Gasteiger charge is -2.49. The van der Waals surface area contributed by atoms with Crippen molar-refractivity contribution in [2.24, 2.45) is 17.6 Å². The highest BCUT2D eigenvalue weighted by molar-refractivity contribution is 6.24. The number of hydrogen-bond donors (Lipinski definition) is 6. The van der Waals surface area contributed by atoms with Crippen LogP contribution in [0, 0.1) is 11.8 Å². The zero-order valence-electron chi connectivity index (χ0n) is 17.8. The van der Waals surface area contributed by atoms with Crippen molar-refractivity contribution in [3.63, 3.8) is 0 Å². The molecule has 1 aromatic carbocycles. The Balaban J connectivity index is 1.98. The van der Waals surface area contributed by atoms with E-state index in [0.29, 0.717) is 5.56 Å². The molecule has 32 heavy (non-hydrogen) atoms. The third-order valence-electron chi connectivity index (χ3n) is 6.85. The van der Waals surface area contributed by atoms with E-state index < -0.39 is 58.0 Å². The van der Waals surface area contributed by atoms with Gasteiger partial charge in [-0.1, -0.05) is 0 Å². The number of phenols is 1. The first-order chi connectivity index (χ1) is 15.0. The van der Waals surface area contributed by atoms with Crippen LogP contribution in [0.4, 0.5) is 5.69 Å². The number of rotatable bonds is 3. The molecular formula is C22H25N3O7. The molecule has 0 heterocycles. The van der Waals surface area contributed by atoms with Crippen LogP contribution in [0.5, 0.6) is 5.75 Å². The number of amides is 1. The van der Waals surface area contributed by atoms with Crippen LogP contribution in [0.25, 0.3) is 5.76 Å². The molecule has 0 saturated heterocycles. The van der Waals surface area contributed by atoms with Gasteiger partial charge in [-0.25, -0.2) is 0 Å². The van der Waals surface area contributed by atoms with E-state index in [4.69, 9.17) is 5.73 Å². The molecule has 1 saturated carbocycles. The molecule has 7 N–H and O–H groups in total. The average Bonchev–Trinajstić information content (AvgIpc) is 2.70. The molecule has 10 nitrogen and oxygen atoms in total. The fraction of sp³-hybridized carbons (Fsp3) is 0.409. The van der Waals surface area contributed by atoms with Crippen LogP contribution < -0.4 is 16.0 Å². The molecular weight excluding hydrogens is 418 g/mol. The van der Waals surface area contributed by atoms with E-state index in [1.807, 2.05) is 4.90 Å². The van der Waals surface area contributed by atoms with Crippen molar-refractivity contribution in [1.82, 2.24) is 5.32 Å². The quantitative estimate of drug-likeness (QED) is 0.342. The Morgan fingerprint density at radius 2 is 1.88 bits per heavy atom. The van der Waals surface area contributed by atoms with Crippen LogP contribution in [0.1, 0.15) is 17.5 Å². The number of aromatic hydroxyl groups is 1. The van der Waals surface area contributed by atoms with Gasteiger partial charge in [-0.2, -0.15) is 0 Å². The fourth-order valence-corrected chi connectivity index (χ4v) is 5.41. The highest BCUT2D eigenvalue weighted by atomic mass is 16.3. The first-order valence-electron chi connectivity index (χ1n) is 10.1. The van der Waals surface area contributed by atoms with Crippen LogP contribution in [-0.2, 0) is 20.8 Å². The molecule has 0 spiro atoms. The first-order valence-corrected chi connectivity index (χ1v) is 10.1. The van der Waals surface area contributed by atoms with Gasteiger partial charge < -0.3 is 36.4 Å². The summed E-state index contributed by atoms with van der Waals surface area (Å²) in [5, 5.41) is 46.3. The lowest BCUT2D eigenvalue weighted by molar-refractivity contribution is -0.150. The summed E-state index contributed by atoms with van der Waals surface area (Å²) in [6.07, 6.45) is 0.309. The number of ketones is 2. The Kier molecular flexibility index (Phi) is 4.83. The molecule has 4 rings (SSSR count). The van der Waals surface area contributed by atoms with Gasteiger partial charge in [0.1, 0.15) is 22.8 Å². The van der Waals surface area contributed by atoms with Crippen molar-refractivity contribution in [3.8, 4) is 5.75 Å². The number of nitrogens with zero attached hydrogens (tertiary/aromatic N) is 1. The highest BCUT2D eigenvalue weighted by Gasteiger charge is 2.63. The summed E-state index contributed by atoms with van der Waals surface area (Å²) in [4.78, 5) is 40.0. The van der Waals surface area contributed by atoms with Gasteiger partial charge in [-0.3, -0.25) is 14.4 Å². The van der Waals surface area contributed by atoms with Crippen molar-refractivity contribution in [3.05, 3.63) is 40.2 Å². The molecule has 0 aliphatic heterocycles. The highest BCUT2D eigenvalue weighted by Crippen LogP contribution is 2.52. The van der Waals surface area contributed by atoms with E-state index in [1.54, 1.807) is 20.2 Å². The number of anilines is 1. The van der Waals surface area contributed by atoms with Crippen LogP contribution in [0.15, 0.2) is 29.0 Å². The Morgan fingerprint density at radius 1 is 1.22 bits per heavy atom. The zero-order valence-corrected chi connectivity index (χ0v) is 17.8. The summed E-state index contributed by atoms with van der Waals surface area (Å²) in [5.74, 6) is -6.63. The number of carbonyl (C=O) groups is 3. The number of Topliss-reactive ketones (excluding diaryl/α,β-unsaturated/α-hetero) is 2. The van der Waals surface area contributed by atoms with E-state index in [9.17, 15) is 34.8 Å². The van der Waals surface area contributed by atoms with Crippen LogP contribution in [0.3, 0.4) is 0 Å². The number of aliphatic hydroxyl groups excluding tert-OH is 2. The third-order valence-corrected chi connectivity index (χ3v) is 6.85. The standard InChI is InChI=1S/C22H25N3O7/c1-24-16-10-7-8-6-9-11(25(2)3)4-5-12(26)14(9)17(27)13(8)19(29)22(10,32)20(30)15(18(16)28)21(23)31/h4-5,8,10,16,24,26-27,30,32H,6-7H2,1-3H3,(H2,23,31)/t8-,10-,16-,22-/m0/s1. The van der Waals surface area contributed by atoms with E-state index >= 15 is 0 Å². The minimum atomic E-state index is -2.63. The van der Waals surface area contributed by atoms with E-state index in [-0.39, 0.29) is 29.7 Å². The number of likely N-dealkylation sites (N-methyl/N-ethyl adjacent to an activating group) is 1. The summed E-state index contributed by atoms with van der Waals surface area (Å²) >= 11 is 0. The number of fused-ring (bicyclic) bond motifs is 3.